The van der Waals surface area contributed by atoms with Gasteiger partial charge in [0.15, 0.2) is 16.8 Å². The van der Waals surface area contributed by atoms with Gasteiger partial charge in [0.25, 0.3) is 0 Å². The minimum absolute atomic E-state index is 0.00986. The smallest absolute Gasteiger partial charge is 0.177 e. The van der Waals surface area contributed by atoms with E-state index in [9.17, 15) is 4.39 Å². The van der Waals surface area contributed by atoms with Gasteiger partial charge in [0.1, 0.15) is 11.2 Å². The minimum Gasteiger partial charge on any atom is -0.381 e. The molecule has 154 valence electrons. The number of methoxy groups -OCH3 is 1. The van der Waals surface area contributed by atoms with Crippen molar-refractivity contribution in [3.63, 3.8) is 0 Å². The van der Waals surface area contributed by atoms with Crippen molar-refractivity contribution >= 4 is 28.5 Å². The van der Waals surface area contributed by atoms with Gasteiger partial charge >= 0.3 is 0 Å². The van der Waals surface area contributed by atoms with Crippen molar-refractivity contribution in [2.75, 3.05) is 50.6 Å². The molecular formula is C19H26F2N4O2S. The van der Waals surface area contributed by atoms with E-state index in [0.29, 0.717) is 42.9 Å². The maximum absolute atomic E-state index is 15.0. The number of halogens is 2. The summed E-state index contributed by atoms with van der Waals surface area (Å²) in [6, 6.07) is 1.62. The lowest BCUT2D eigenvalue weighted by Crippen LogP contribution is -2.49. The summed E-state index contributed by atoms with van der Waals surface area (Å²) in [5.74, 6) is -0.0275. The molecule has 2 aliphatic heterocycles. The molecule has 1 aromatic carbocycles. The zero-order valence-electron chi connectivity index (χ0n) is 16.1. The van der Waals surface area contributed by atoms with E-state index in [0.717, 1.165) is 18.7 Å². The molecule has 3 unspecified atom stereocenters. The average Bonchev–Trinajstić information content (AvgIpc) is 3.11. The van der Waals surface area contributed by atoms with E-state index in [2.05, 4.69) is 22.2 Å². The molecule has 0 saturated carbocycles. The second-order valence-corrected chi connectivity index (χ2v) is 8.36. The van der Waals surface area contributed by atoms with Crippen LogP contribution >= 0.6 is 11.8 Å². The van der Waals surface area contributed by atoms with Crippen molar-refractivity contribution in [2.24, 2.45) is 5.92 Å². The van der Waals surface area contributed by atoms with Crippen LogP contribution < -0.4 is 10.2 Å². The van der Waals surface area contributed by atoms with Gasteiger partial charge < -0.3 is 24.7 Å². The number of rotatable bonds is 5. The number of nitrogens with zero attached hydrogens (tertiary/aromatic N) is 2. The lowest BCUT2D eigenvalue weighted by Gasteiger charge is -2.35. The Morgan fingerprint density at radius 3 is 2.89 bits per heavy atom. The highest BCUT2D eigenvalue weighted by Crippen LogP contribution is 2.32. The van der Waals surface area contributed by atoms with E-state index in [1.54, 1.807) is 12.0 Å². The number of hydrogen-bond acceptors (Lipinski definition) is 6. The number of H-pyrrole nitrogens is 1. The molecule has 3 heterocycles. The number of aromatic amines is 1. The van der Waals surface area contributed by atoms with Crippen LogP contribution in [0.1, 0.15) is 13.3 Å². The van der Waals surface area contributed by atoms with Crippen LogP contribution in [0.25, 0.3) is 11.0 Å². The second-order valence-electron chi connectivity index (χ2n) is 7.35. The van der Waals surface area contributed by atoms with Crippen molar-refractivity contribution in [2.45, 2.75) is 30.6 Å². The molecule has 0 aliphatic carbocycles. The molecule has 0 spiro atoms. The molecule has 0 bridgehead atoms. The first-order chi connectivity index (χ1) is 13.6. The van der Waals surface area contributed by atoms with Crippen LogP contribution in [0.2, 0.25) is 0 Å². The fourth-order valence-electron chi connectivity index (χ4n) is 4.02. The Hall–Kier alpha value is -1.42. The maximum Gasteiger partial charge on any atom is 0.177 e. The van der Waals surface area contributed by atoms with E-state index in [-0.39, 0.29) is 23.3 Å². The number of piperidine rings is 1. The number of nitrogens with one attached hydrogen (secondary N) is 2. The molecule has 2 saturated heterocycles. The van der Waals surface area contributed by atoms with Gasteiger partial charge in [-0.15, -0.1) is 0 Å². The highest BCUT2D eigenvalue weighted by Gasteiger charge is 2.30. The summed E-state index contributed by atoms with van der Waals surface area (Å²) in [4.78, 5) is 9.15. The molecular weight excluding hydrogens is 386 g/mol. The zero-order chi connectivity index (χ0) is 19.7. The molecule has 2 fully saturated rings. The predicted octanol–water partition coefficient (Wildman–Crippen LogP) is 2.78. The highest BCUT2D eigenvalue weighted by atomic mass is 32.2. The molecule has 1 aromatic heterocycles. The van der Waals surface area contributed by atoms with Gasteiger partial charge in [0.2, 0.25) is 0 Å². The number of hydrogen-bond donors (Lipinski definition) is 2. The van der Waals surface area contributed by atoms with E-state index in [1.165, 1.54) is 17.8 Å². The topological polar surface area (TPSA) is 62.4 Å². The number of anilines is 1. The average molecular weight is 413 g/mol. The van der Waals surface area contributed by atoms with Crippen molar-refractivity contribution in [1.82, 2.24) is 15.3 Å². The van der Waals surface area contributed by atoms with Gasteiger partial charge in [0.05, 0.1) is 24.8 Å². The molecule has 9 heteroatoms. The fourth-order valence-corrected chi connectivity index (χ4v) is 5.12. The Balaban J connectivity index is 1.52. The second kappa shape index (κ2) is 8.52. The predicted molar refractivity (Wildman–Crippen MR) is 106 cm³/mol. The summed E-state index contributed by atoms with van der Waals surface area (Å²) in [6.45, 7) is 4.96. The number of fused-ring (bicyclic) bond motifs is 1. The first-order valence-electron chi connectivity index (χ1n) is 9.68. The number of morpholine rings is 1. The number of ether oxygens (including phenoxy) is 2. The van der Waals surface area contributed by atoms with Crippen LogP contribution in [0, 0.1) is 17.6 Å². The normalized spacial score (nSPS) is 26.1. The molecule has 2 aromatic rings. The van der Waals surface area contributed by atoms with Crippen molar-refractivity contribution in [3.05, 3.63) is 17.7 Å². The monoisotopic (exact) mass is 412 g/mol. The molecule has 0 amide bonds. The quantitative estimate of drug-likeness (QED) is 0.737. The molecule has 3 atom stereocenters. The van der Waals surface area contributed by atoms with Crippen LogP contribution in [0.4, 0.5) is 14.5 Å². The molecule has 2 N–H and O–H groups in total. The lowest BCUT2D eigenvalue weighted by molar-refractivity contribution is 0.0225. The van der Waals surface area contributed by atoms with Crippen LogP contribution in [-0.4, -0.2) is 67.8 Å². The standard InChI is InChI=1S/C19H26F2N4O2S/c1-11-14(22-4-3-15(11)26-2)10-28-19-23-13-9-12(20)18(16(21)17(13)24-19)25-5-7-27-8-6-25/h9,11,14-15,22H,3-8,10H2,1-2H3,(H,23,24). The van der Waals surface area contributed by atoms with Crippen LogP contribution in [0.15, 0.2) is 11.2 Å². The summed E-state index contributed by atoms with van der Waals surface area (Å²) < 4.78 is 40.5. The van der Waals surface area contributed by atoms with Crippen LogP contribution in [0.5, 0.6) is 0 Å². The Labute approximate surface area is 167 Å². The van der Waals surface area contributed by atoms with E-state index in [4.69, 9.17) is 9.47 Å². The molecule has 4 rings (SSSR count). The summed E-state index contributed by atoms with van der Waals surface area (Å²) >= 11 is 1.52. The van der Waals surface area contributed by atoms with Crippen LogP contribution in [0.3, 0.4) is 0 Å². The van der Waals surface area contributed by atoms with E-state index < -0.39 is 11.6 Å². The summed E-state index contributed by atoms with van der Waals surface area (Å²) in [6.07, 6.45) is 1.24. The van der Waals surface area contributed by atoms with Gasteiger partial charge in [-0.25, -0.2) is 13.8 Å². The Morgan fingerprint density at radius 2 is 2.14 bits per heavy atom. The third-order valence-corrected chi connectivity index (χ3v) is 6.70. The Morgan fingerprint density at radius 1 is 1.36 bits per heavy atom. The largest absolute Gasteiger partial charge is 0.381 e. The highest BCUT2D eigenvalue weighted by molar-refractivity contribution is 7.99. The SMILES string of the molecule is COC1CCNC(CSc2nc3c(F)c(N4CCOCC4)c(F)cc3[nH]2)C1C. The van der Waals surface area contributed by atoms with Gasteiger partial charge in [0, 0.05) is 38.1 Å². The summed E-state index contributed by atoms with van der Waals surface area (Å²) in [5, 5.41) is 4.11. The van der Waals surface area contributed by atoms with Crippen molar-refractivity contribution in [3.8, 4) is 0 Å². The zero-order valence-corrected chi connectivity index (χ0v) is 17.0. The summed E-state index contributed by atoms with van der Waals surface area (Å²) in [5.41, 5.74) is 0.558. The minimum atomic E-state index is -0.608. The summed E-state index contributed by atoms with van der Waals surface area (Å²) in [7, 11) is 1.75. The van der Waals surface area contributed by atoms with Crippen molar-refractivity contribution in [1.29, 1.82) is 0 Å². The van der Waals surface area contributed by atoms with Gasteiger partial charge in [-0.3, -0.25) is 0 Å². The lowest BCUT2D eigenvalue weighted by atomic mass is 9.91. The Kier molecular flexibility index (Phi) is 6.05. The number of thioether (sulfide) groups is 1. The van der Waals surface area contributed by atoms with E-state index >= 15 is 4.39 Å². The third-order valence-electron chi connectivity index (χ3n) is 5.71. The van der Waals surface area contributed by atoms with E-state index in [1.807, 2.05) is 0 Å². The van der Waals surface area contributed by atoms with Crippen molar-refractivity contribution < 1.29 is 18.3 Å². The number of imidazole rings is 1. The maximum atomic E-state index is 15.0. The molecule has 0 radical (unpaired) electrons. The molecule has 6 nitrogen and oxygen atoms in total. The number of aromatic nitrogens is 2. The fraction of sp³-hybridized carbons (Fsp3) is 0.632. The van der Waals surface area contributed by atoms with Gasteiger partial charge in [-0.05, 0) is 18.9 Å². The Bertz CT molecular complexity index is 828. The van der Waals surface area contributed by atoms with Gasteiger partial charge in [-0.2, -0.15) is 0 Å². The van der Waals surface area contributed by atoms with Crippen LogP contribution in [-0.2, 0) is 9.47 Å². The molecule has 2 aliphatic rings. The molecule has 28 heavy (non-hydrogen) atoms. The van der Waals surface area contributed by atoms with Gasteiger partial charge in [-0.1, -0.05) is 18.7 Å². The first kappa shape index (κ1) is 19.9. The first-order valence-corrected chi connectivity index (χ1v) is 10.7. The third kappa shape index (κ3) is 3.85. The number of benzene rings is 1.